The highest BCUT2D eigenvalue weighted by atomic mass is 35.5. The summed E-state index contributed by atoms with van der Waals surface area (Å²) in [7, 11) is 3.15. The number of imidazole rings is 1. The number of carbonyl (C=O) groups is 1. The van der Waals surface area contributed by atoms with Gasteiger partial charge < -0.3 is 19.2 Å². The number of aryl methyl sites for hydroxylation is 3. The average molecular weight is 540 g/mol. The summed E-state index contributed by atoms with van der Waals surface area (Å²) in [5, 5.41) is 3.64. The lowest BCUT2D eigenvalue weighted by molar-refractivity contribution is -0.116. The van der Waals surface area contributed by atoms with Gasteiger partial charge in [-0.15, -0.1) is 0 Å². The van der Waals surface area contributed by atoms with Gasteiger partial charge in [-0.3, -0.25) is 4.79 Å². The van der Waals surface area contributed by atoms with Crippen LogP contribution < -0.4 is 14.8 Å². The number of rotatable bonds is 8. The first-order chi connectivity index (χ1) is 18.9. The Morgan fingerprint density at radius 3 is 2.38 bits per heavy atom. The first-order valence-corrected chi connectivity index (χ1v) is 13.1. The Morgan fingerprint density at radius 1 is 0.897 bits per heavy atom. The number of anilines is 1. The number of nitrogens with zero attached hydrogens (tertiary/aromatic N) is 2. The molecule has 0 aliphatic carbocycles. The quantitative estimate of drug-likeness (QED) is 0.221. The summed E-state index contributed by atoms with van der Waals surface area (Å²) < 4.78 is 12.8. The maximum absolute atomic E-state index is 13.0. The normalized spacial score (nSPS) is 11.0. The van der Waals surface area contributed by atoms with E-state index >= 15 is 0 Å². The summed E-state index contributed by atoms with van der Waals surface area (Å²) in [6.45, 7) is 4.21. The van der Waals surface area contributed by atoms with Gasteiger partial charge in [-0.25, -0.2) is 4.98 Å². The van der Waals surface area contributed by atoms with Gasteiger partial charge in [-0.1, -0.05) is 47.5 Å². The van der Waals surface area contributed by atoms with Crippen molar-refractivity contribution in [1.82, 2.24) is 9.38 Å². The van der Waals surface area contributed by atoms with Crippen LogP contribution >= 0.6 is 11.6 Å². The summed E-state index contributed by atoms with van der Waals surface area (Å²) in [6, 6.07) is 23.5. The fourth-order valence-corrected chi connectivity index (χ4v) is 4.87. The number of hydrogen-bond donors (Lipinski definition) is 1. The molecule has 2 aromatic heterocycles. The first-order valence-electron chi connectivity index (χ1n) is 12.7. The molecule has 0 saturated heterocycles. The third kappa shape index (κ3) is 5.61. The second kappa shape index (κ2) is 11.2. The molecule has 3 aromatic carbocycles. The molecule has 6 nitrogen and oxygen atoms in total. The summed E-state index contributed by atoms with van der Waals surface area (Å²) in [5.41, 5.74) is 8.90. The van der Waals surface area contributed by atoms with Gasteiger partial charge in [0.1, 0.15) is 5.65 Å². The maximum atomic E-state index is 13.0. The van der Waals surface area contributed by atoms with Crippen molar-refractivity contribution in [3.05, 3.63) is 101 Å². The SMILES string of the molecule is COc1ccc(NC(=O)CCc2c(-c3ccc(Cl)cc3)nc3ccc(-c4cc(C)ccc4C)cn23)cc1OC. The number of amides is 1. The Balaban J connectivity index is 1.49. The largest absolute Gasteiger partial charge is 0.493 e. The van der Waals surface area contributed by atoms with E-state index in [0.717, 1.165) is 28.2 Å². The van der Waals surface area contributed by atoms with Crippen LogP contribution in [-0.4, -0.2) is 29.5 Å². The Morgan fingerprint density at radius 2 is 1.64 bits per heavy atom. The summed E-state index contributed by atoms with van der Waals surface area (Å²) >= 11 is 6.16. The van der Waals surface area contributed by atoms with Gasteiger partial charge in [0.05, 0.1) is 25.6 Å². The minimum Gasteiger partial charge on any atom is -0.493 e. The number of ether oxygens (including phenoxy) is 2. The number of benzene rings is 3. The van der Waals surface area contributed by atoms with Crippen molar-refractivity contribution in [1.29, 1.82) is 0 Å². The zero-order valence-corrected chi connectivity index (χ0v) is 23.2. The highest BCUT2D eigenvalue weighted by Gasteiger charge is 2.17. The van der Waals surface area contributed by atoms with Gasteiger partial charge in [0.2, 0.25) is 5.91 Å². The van der Waals surface area contributed by atoms with E-state index in [0.29, 0.717) is 28.6 Å². The molecule has 0 atom stereocenters. The van der Waals surface area contributed by atoms with Crippen LogP contribution in [-0.2, 0) is 11.2 Å². The van der Waals surface area contributed by atoms with Crippen molar-refractivity contribution >= 4 is 28.8 Å². The lowest BCUT2D eigenvalue weighted by atomic mass is 10.00. The third-order valence-electron chi connectivity index (χ3n) is 6.80. The molecular formula is C32H30ClN3O3. The van der Waals surface area contributed by atoms with E-state index < -0.39 is 0 Å². The number of methoxy groups -OCH3 is 2. The fourth-order valence-electron chi connectivity index (χ4n) is 4.75. The molecule has 5 rings (SSSR count). The molecule has 1 N–H and O–H groups in total. The van der Waals surface area contributed by atoms with Gasteiger partial charge in [0.15, 0.2) is 11.5 Å². The molecule has 7 heteroatoms. The Labute approximate surface area is 233 Å². The second-order valence-corrected chi connectivity index (χ2v) is 9.93. The molecule has 39 heavy (non-hydrogen) atoms. The maximum Gasteiger partial charge on any atom is 0.224 e. The molecule has 0 radical (unpaired) electrons. The number of carbonyl (C=O) groups excluding carboxylic acids is 1. The molecule has 0 fully saturated rings. The van der Waals surface area contributed by atoms with Crippen molar-refractivity contribution in [2.45, 2.75) is 26.7 Å². The highest BCUT2D eigenvalue weighted by molar-refractivity contribution is 6.30. The zero-order valence-electron chi connectivity index (χ0n) is 22.4. The molecule has 2 heterocycles. The Bertz CT molecular complexity index is 1660. The molecule has 0 bridgehead atoms. The van der Waals surface area contributed by atoms with Gasteiger partial charge in [-0.2, -0.15) is 0 Å². The van der Waals surface area contributed by atoms with Crippen LogP contribution in [0.1, 0.15) is 23.2 Å². The fraction of sp³-hybridized carbons (Fsp3) is 0.188. The molecule has 0 aliphatic rings. The van der Waals surface area contributed by atoms with E-state index in [2.05, 4.69) is 54.0 Å². The van der Waals surface area contributed by atoms with Crippen LogP contribution in [0.15, 0.2) is 79.0 Å². The first kappa shape index (κ1) is 26.3. The van der Waals surface area contributed by atoms with E-state index in [-0.39, 0.29) is 12.3 Å². The van der Waals surface area contributed by atoms with Crippen molar-refractivity contribution in [3.8, 4) is 33.9 Å². The number of halogens is 1. The third-order valence-corrected chi connectivity index (χ3v) is 7.05. The molecule has 0 aliphatic heterocycles. The molecule has 0 spiro atoms. The number of pyridine rings is 1. The van der Waals surface area contributed by atoms with Crippen LogP contribution in [0.25, 0.3) is 28.0 Å². The molecule has 198 valence electrons. The Kier molecular flexibility index (Phi) is 7.57. The lowest BCUT2D eigenvalue weighted by Gasteiger charge is -2.12. The monoisotopic (exact) mass is 539 g/mol. The molecule has 1 amide bonds. The van der Waals surface area contributed by atoms with Crippen molar-refractivity contribution < 1.29 is 14.3 Å². The number of aromatic nitrogens is 2. The molecule has 0 saturated carbocycles. The Hall–Kier alpha value is -4.29. The van der Waals surface area contributed by atoms with Gasteiger partial charge in [-0.05, 0) is 73.4 Å². The predicted molar refractivity (Wildman–Crippen MR) is 157 cm³/mol. The van der Waals surface area contributed by atoms with E-state index in [4.69, 9.17) is 26.1 Å². The molecule has 5 aromatic rings. The smallest absolute Gasteiger partial charge is 0.224 e. The number of hydrogen-bond acceptors (Lipinski definition) is 4. The van der Waals surface area contributed by atoms with Gasteiger partial charge in [0, 0.05) is 35.0 Å². The minimum atomic E-state index is -0.107. The molecule has 0 unspecified atom stereocenters. The topological polar surface area (TPSA) is 64.9 Å². The van der Waals surface area contributed by atoms with Crippen molar-refractivity contribution in [2.75, 3.05) is 19.5 Å². The van der Waals surface area contributed by atoms with Crippen LogP contribution in [0.3, 0.4) is 0 Å². The number of fused-ring (bicyclic) bond motifs is 1. The van der Waals surface area contributed by atoms with E-state index in [1.54, 1.807) is 32.4 Å². The predicted octanol–water partition coefficient (Wildman–Crippen LogP) is 7.53. The van der Waals surface area contributed by atoms with Crippen molar-refractivity contribution in [3.63, 3.8) is 0 Å². The summed E-state index contributed by atoms with van der Waals surface area (Å²) in [4.78, 5) is 18.0. The standard InChI is InChI=1S/C32H30ClN3O3/c1-20-5-6-21(2)26(17-20)23-9-15-30-35-32(22-7-10-24(33)11-8-22)27(36(30)19-23)13-16-31(37)34-25-12-14-28(38-3)29(18-25)39-4/h5-12,14-15,17-19H,13,16H2,1-4H3,(H,34,37). The van der Waals surface area contributed by atoms with E-state index in [1.807, 2.05) is 30.3 Å². The van der Waals surface area contributed by atoms with Gasteiger partial charge >= 0.3 is 0 Å². The van der Waals surface area contributed by atoms with Crippen LogP contribution in [0.5, 0.6) is 11.5 Å². The highest BCUT2D eigenvalue weighted by Crippen LogP contribution is 2.32. The second-order valence-electron chi connectivity index (χ2n) is 9.50. The minimum absolute atomic E-state index is 0.107. The van der Waals surface area contributed by atoms with Crippen LogP contribution in [0.4, 0.5) is 5.69 Å². The van der Waals surface area contributed by atoms with Gasteiger partial charge in [0.25, 0.3) is 0 Å². The number of nitrogens with one attached hydrogen (secondary N) is 1. The van der Waals surface area contributed by atoms with E-state index in [1.165, 1.54) is 16.7 Å². The lowest BCUT2D eigenvalue weighted by Crippen LogP contribution is -2.13. The molecular weight excluding hydrogens is 510 g/mol. The van der Waals surface area contributed by atoms with Crippen molar-refractivity contribution in [2.24, 2.45) is 0 Å². The van der Waals surface area contributed by atoms with Crippen LogP contribution in [0, 0.1) is 13.8 Å². The van der Waals surface area contributed by atoms with Crippen LogP contribution in [0.2, 0.25) is 5.02 Å². The summed E-state index contributed by atoms with van der Waals surface area (Å²) in [5.74, 6) is 1.06. The average Bonchev–Trinajstić information content (AvgIpc) is 3.31. The van der Waals surface area contributed by atoms with E-state index in [9.17, 15) is 4.79 Å². The summed E-state index contributed by atoms with van der Waals surface area (Å²) in [6.07, 6.45) is 2.88. The zero-order chi connectivity index (χ0) is 27.5.